The molecular weight excluding hydrogens is 254 g/mol. The van der Waals surface area contributed by atoms with Gasteiger partial charge in [-0.2, -0.15) is 0 Å². The Morgan fingerprint density at radius 3 is 2.70 bits per heavy atom. The van der Waals surface area contributed by atoms with Gasteiger partial charge in [-0.05, 0) is 44.1 Å². The van der Waals surface area contributed by atoms with Gasteiger partial charge in [-0.1, -0.05) is 32.4 Å². The minimum atomic E-state index is -0.823. The standard InChI is InChI=1S/C16H25NO3/c1-4-6-10-17(3)15(16(18)19)13-8-7-9-14(12-13)20-11-5-2/h7-9,12,15H,4-6,10-11H2,1-3H3,(H,18,19). The van der Waals surface area contributed by atoms with E-state index in [9.17, 15) is 9.90 Å². The first-order valence-corrected chi connectivity index (χ1v) is 7.26. The molecule has 1 atom stereocenters. The fourth-order valence-electron chi connectivity index (χ4n) is 2.12. The Kier molecular flexibility index (Phi) is 7.09. The predicted molar refractivity (Wildman–Crippen MR) is 80.1 cm³/mol. The van der Waals surface area contributed by atoms with Gasteiger partial charge in [0.15, 0.2) is 0 Å². The Labute approximate surface area is 121 Å². The van der Waals surface area contributed by atoms with E-state index in [0.717, 1.165) is 37.1 Å². The van der Waals surface area contributed by atoms with E-state index in [1.165, 1.54) is 0 Å². The van der Waals surface area contributed by atoms with Gasteiger partial charge in [0.1, 0.15) is 11.8 Å². The number of hydrogen-bond donors (Lipinski definition) is 1. The predicted octanol–water partition coefficient (Wildman–Crippen LogP) is 3.33. The van der Waals surface area contributed by atoms with Crippen LogP contribution >= 0.6 is 0 Å². The van der Waals surface area contributed by atoms with Crippen LogP contribution in [-0.2, 0) is 4.79 Å². The molecule has 0 bridgehead atoms. The minimum absolute atomic E-state index is 0.619. The van der Waals surface area contributed by atoms with E-state index in [1.54, 1.807) is 0 Å². The Bertz CT molecular complexity index is 420. The molecule has 112 valence electrons. The summed E-state index contributed by atoms with van der Waals surface area (Å²) in [5, 5.41) is 9.48. The molecule has 0 saturated carbocycles. The molecule has 0 heterocycles. The van der Waals surface area contributed by atoms with E-state index in [1.807, 2.05) is 43.1 Å². The third kappa shape index (κ3) is 4.85. The minimum Gasteiger partial charge on any atom is -0.494 e. The molecule has 0 fully saturated rings. The molecule has 4 nitrogen and oxygen atoms in total. The molecule has 0 amide bonds. The Morgan fingerprint density at radius 2 is 2.10 bits per heavy atom. The van der Waals surface area contributed by atoms with Crippen LogP contribution in [-0.4, -0.2) is 36.2 Å². The van der Waals surface area contributed by atoms with E-state index in [4.69, 9.17) is 4.74 Å². The van der Waals surface area contributed by atoms with E-state index in [0.29, 0.717) is 6.61 Å². The summed E-state index contributed by atoms with van der Waals surface area (Å²) in [5.41, 5.74) is 0.768. The summed E-state index contributed by atoms with van der Waals surface area (Å²) in [6, 6.07) is 6.78. The van der Waals surface area contributed by atoms with Crippen molar-refractivity contribution in [1.29, 1.82) is 0 Å². The second-order valence-corrected chi connectivity index (χ2v) is 5.00. The van der Waals surface area contributed by atoms with Crippen LogP contribution in [0.15, 0.2) is 24.3 Å². The highest BCUT2D eigenvalue weighted by atomic mass is 16.5. The third-order valence-corrected chi connectivity index (χ3v) is 3.19. The van der Waals surface area contributed by atoms with Crippen molar-refractivity contribution in [2.45, 2.75) is 39.2 Å². The maximum Gasteiger partial charge on any atom is 0.325 e. The lowest BCUT2D eigenvalue weighted by Gasteiger charge is -2.25. The number of unbranched alkanes of at least 4 members (excludes halogenated alkanes) is 1. The van der Waals surface area contributed by atoms with Gasteiger partial charge in [0.05, 0.1) is 6.61 Å². The summed E-state index contributed by atoms with van der Waals surface area (Å²) in [5.74, 6) is -0.0873. The first-order chi connectivity index (χ1) is 9.60. The maximum atomic E-state index is 11.5. The van der Waals surface area contributed by atoms with Gasteiger partial charge in [-0.15, -0.1) is 0 Å². The second kappa shape index (κ2) is 8.59. The van der Waals surface area contributed by atoms with Gasteiger partial charge in [-0.25, -0.2) is 0 Å². The average molecular weight is 279 g/mol. The van der Waals surface area contributed by atoms with Crippen molar-refractivity contribution in [2.75, 3.05) is 20.2 Å². The number of hydrogen-bond acceptors (Lipinski definition) is 3. The van der Waals surface area contributed by atoms with Crippen molar-refractivity contribution in [3.05, 3.63) is 29.8 Å². The van der Waals surface area contributed by atoms with Crippen molar-refractivity contribution in [3.8, 4) is 5.75 Å². The molecule has 0 aliphatic carbocycles. The van der Waals surface area contributed by atoms with Crippen molar-refractivity contribution in [1.82, 2.24) is 4.90 Å². The molecule has 0 aliphatic rings. The highest BCUT2D eigenvalue weighted by molar-refractivity contribution is 5.75. The number of aliphatic carboxylic acids is 1. The highest BCUT2D eigenvalue weighted by Crippen LogP contribution is 2.24. The number of carbonyl (C=O) groups is 1. The van der Waals surface area contributed by atoms with Crippen molar-refractivity contribution >= 4 is 5.97 Å². The molecule has 1 aromatic carbocycles. The zero-order chi connectivity index (χ0) is 15.0. The third-order valence-electron chi connectivity index (χ3n) is 3.19. The van der Waals surface area contributed by atoms with Crippen LogP contribution in [0.2, 0.25) is 0 Å². The second-order valence-electron chi connectivity index (χ2n) is 5.00. The molecular formula is C16H25NO3. The van der Waals surface area contributed by atoms with Crippen LogP contribution in [0.1, 0.15) is 44.7 Å². The quantitative estimate of drug-likeness (QED) is 0.753. The van der Waals surface area contributed by atoms with Gasteiger partial charge >= 0.3 is 5.97 Å². The number of rotatable bonds is 9. The number of carboxylic acids is 1. The van der Waals surface area contributed by atoms with E-state index < -0.39 is 12.0 Å². The number of nitrogens with zero attached hydrogens (tertiary/aromatic N) is 1. The Morgan fingerprint density at radius 1 is 1.35 bits per heavy atom. The molecule has 1 N–H and O–H groups in total. The zero-order valence-corrected chi connectivity index (χ0v) is 12.6. The summed E-state index contributed by atoms with van der Waals surface area (Å²) >= 11 is 0. The molecule has 0 radical (unpaired) electrons. The number of ether oxygens (including phenoxy) is 1. The molecule has 1 rings (SSSR count). The smallest absolute Gasteiger partial charge is 0.325 e. The van der Waals surface area contributed by atoms with Gasteiger partial charge in [-0.3, -0.25) is 9.69 Å². The molecule has 0 saturated heterocycles. The Balaban J connectivity index is 2.88. The normalized spacial score (nSPS) is 12.4. The molecule has 0 aromatic heterocycles. The molecule has 0 aliphatic heterocycles. The van der Waals surface area contributed by atoms with E-state index >= 15 is 0 Å². The van der Waals surface area contributed by atoms with E-state index in [-0.39, 0.29) is 0 Å². The fourth-order valence-corrected chi connectivity index (χ4v) is 2.12. The number of likely N-dealkylation sites (N-methyl/N-ethyl adjacent to an activating group) is 1. The fraction of sp³-hybridized carbons (Fsp3) is 0.562. The lowest BCUT2D eigenvalue weighted by Crippen LogP contribution is -2.31. The summed E-state index contributed by atoms with van der Waals surface area (Å²) in [7, 11) is 1.86. The van der Waals surface area contributed by atoms with Crippen LogP contribution in [0, 0.1) is 0 Å². The topological polar surface area (TPSA) is 49.8 Å². The van der Waals surface area contributed by atoms with Crippen LogP contribution < -0.4 is 4.74 Å². The molecule has 0 spiro atoms. The summed E-state index contributed by atoms with van der Waals surface area (Å²) < 4.78 is 5.58. The maximum absolute atomic E-state index is 11.5. The summed E-state index contributed by atoms with van der Waals surface area (Å²) in [6.07, 6.45) is 2.98. The zero-order valence-electron chi connectivity index (χ0n) is 12.6. The van der Waals surface area contributed by atoms with Crippen molar-refractivity contribution in [2.24, 2.45) is 0 Å². The first-order valence-electron chi connectivity index (χ1n) is 7.26. The first kappa shape index (κ1) is 16.5. The highest BCUT2D eigenvalue weighted by Gasteiger charge is 2.24. The van der Waals surface area contributed by atoms with Crippen molar-refractivity contribution < 1.29 is 14.6 Å². The summed E-state index contributed by atoms with van der Waals surface area (Å²) in [6.45, 7) is 5.56. The average Bonchev–Trinajstić information content (AvgIpc) is 2.43. The molecule has 1 unspecified atom stereocenters. The lowest BCUT2D eigenvalue weighted by molar-refractivity contribution is -0.143. The molecule has 4 heteroatoms. The molecule has 20 heavy (non-hydrogen) atoms. The lowest BCUT2D eigenvalue weighted by atomic mass is 10.1. The Hall–Kier alpha value is -1.55. The largest absolute Gasteiger partial charge is 0.494 e. The van der Waals surface area contributed by atoms with E-state index in [2.05, 4.69) is 6.92 Å². The van der Waals surface area contributed by atoms with Crippen LogP contribution in [0.25, 0.3) is 0 Å². The monoisotopic (exact) mass is 279 g/mol. The van der Waals surface area contributed by atoms with Crippen LogP contribution in [0.3, 0.4) is 0 Å². The van der Waals surface area contributed by atoms with Gasteiger partial charge in [0.25, 0.3) is 0 Å². The van der Waals surface area contributed by atoms with Gasteiger partial charge < -0.3 is 9.84 Å². The number of carboxylic acid groups (broad SMARTS) is 1. The van der Waals surface area contributed by atoms with Crippen molar-refractivity contribution in [3.63, 3.8) is 0 Å². The molecule has 1 aromatic rings. The number of benzene rings is 1. The van der Waals surface area contributed by atoms with Gasteiger partial charge in [0.2, 0.25) is 0 Å². The van der Waals surface area contributed by atoms with Crippen LogP contribution in [0.4, 0.5) is 0 Å². The summed E-state index contributed by atoms with van der Waals surface area (Å²) in [4.78, 5) is 13.4. The van der Waals surface area contributed by atoms with Gasteiger partial charge in [0, 0.05) is 0 Å². The SMILES string of the molecule is CCCCN(C)C(C(=O)O)c1cccc(OCCC)c1. The van der Waals surface area contributed by atoms with Crippen LogP contribution in [0.5, 0.6) is 5.75 Å².